The maximum atomic E-state index is 14.2. The van der Waals surface area contributed by atoms with Crippen LogP contribution in [0.2, 0.25) is 0 Å². The van der Waals surface area contributed by atoms with Crippen molar-refractivity contribution in [3.63, 3.8) is 0 Å². The number of esters is 1. The van der Waals surface area contributed by atoms with E-state index >= 15 is 0 Å². The second-order valence-corrected chi connectivity index (χ2v) is 5.34. The van der Waals surface area contributed by atoms with Crippen LogP contribution in [0.4, 0.5) is 9.18 Å². The molecular formula is C12H20FNO4. The Bertz CT molecular complexity index is 339. The van der Waals surface area contributed by atoms with Gasteiger partial charge in [-0.25, -0.2) is 14.0 Å². The van der Waals surface area contributed by atoms with Crippen LogP contribution in [-0.2, 0) is 14.3 Å². The minimum absolute atomic E-state index is 0.0505. The Balaban J connectivity index is 2.60. The van der Waals surface area contributed by atoms with E-state index in [1.54, 1.807) is 27.7 Å². The monoisotopic (exact) mass is 261 g/mol. The Hall–Kier alpha value is -1.33. The SMILES string of the molecule is CCOC(=O)[C@@]1(F)CCN(C(=O)OC(C)(C)C)C1. The Labute approximate surface area is 106 Å². The first-order valence-electron chi connectivity index (χ1n) is 6.02. The van der Waals surface area contributed by atoms with Crippen LogP contribution in [-0.4, -0.2) is 47.9 Å². The molecule has 104 valence electrons. The third-order valence-electron chi connectivity index (χ3n) is 2.51. The highest BCUT2D eigenvalue weighted by Gasteiger charge is 2.48. The van der Waals surface area contributed by atoms with Crippen LogP contribution < -0.4 is 0 Å². The summed E-state index contributed by atoms with van der Waals surface area (Å²) >= 11 is 0. The van der Waals surface area contributed by atoms with E-state index in [4.69, 9.17) is 4.74 Å². The summed E-state index contributed by atoms with van der Waals surface area (Å²) < 4.78 is 24.0. The molecular weight excluding hydrogens is 241 g/mol. The fourth-order valence-electron chi connectivity index (χ4n) is 1.68. The minimum Gasteiger partial charge on any atom is -0.464 e. The number of rotatable bonds is 2. The quantitative estimate of drug-likeness (QED) is 0.712. The van der Waals surface area contributed by atoms with Crippen molar-refractivity contribution in [3.05, 3.63) is 0 Å². The van der Waals surface area contributed by atoms with E-state index < -0.39 is 23.3 Å². The summed E-state index contributed by atoms with van der Waals surface area (Å²) in [6, 6.07) is 0. The van der Waals surface area contributed by atoms with Gasteiger partial charge in [0, 0.05) is 13.0 Å². The van der Waals surface area contributed by atoms with Crippen LogP contribution >= 0.6 is 0 Å². The smallest absolute Gasteiger partial charge is 0.410 e. The van der Waals surface area contributed by atoms with E-state index in [0.717, 1.165) is 0 Å². The number of hydrogen-bond donors (Lipinski definition) is 0. The molecule has 1 amide bonds. The maximum Gasteiger partial charge on any atom is 0.410 e. The lowest BCUT2D eigenvalue weighted by molar-refractivity contribution is -0.156. The van der Waals surface area contributed by atoms with Crippen molar-refractivity contribution in [1.29, 1.82) is 0 Å². The van der Waals surface area contributed by atoms with Gasteiger partial charge < -0.3 is 14.4 Å². The number of hydrogen-bond acceptors (Lipinski definition) is 4. The second-order valence-electron chi connectivity index (χ2n) is 5.34. The number of halogens is 1. The summed E-state index contributed by atoms with van der Waals surface area (Å²) in [6.07, 6.45) is -0.656. The molecule has 0 bridgehead atoms. The van der Waals surface area contributed by atoms with E-state index in [1.165, 1.54) is 4.90 Å². The summed E-state index contributed by atoms with van der Waals surface area (Å²) in [4.78, 5) is 24.4. The Morgan fingerprint density at radius 2 is 2.00 bits per heavy atom. The molecule has 5 nitrogen and oxygen atoms in total. The van der Waals surface area contributed by atoms with Crippen LogP contribution in [0.1, 0.15) is 34.1 Å². The van der Waals surface area contributed by atoms with Crippen LogP contribution in [0.25, 0.3) is 0 Å². The van der Waals surface area contributed by atoms with Crippen molar-refractivity contribution in [1.82, 2.24) is 4.90 Å². The Morgan fingerprint density at radius 3 is 2.50 bits per heavy atom. The number of carbonyl (C=O) groups is 2. The lowest BCUT2D eigenvalue weighted by Gasteiger charge is -2.24. The summed E-state index contributed by atoms with van der Waals surface area (Å²) in [6.45, 7) is 6.78. The molecule has 18 heavy (non-hydrogen) atoms. The molecule has 1 rings (SSSR count). The van der Waals surface area contributed by atoms with Gasteiger partial charge in [-0.2, -0.15) is 0 Å². The molecule has 0 aromatic carbocycles. The lowest BCUT2D eigenvalue weighted by Crippen LogP contribution is -2.41. The molecule has 0 radical (unpaired) electrons. The molecule has 0 aromatic rings. The van der Waals surface area contributed by atoms with Crippen molar-refractivity contribution in [2.24, 2.45) is 0 Å². The number of likely N-dealkylation sites (tertiary alicyclic amines) is 1. The zero-order valence-electron chi connectivity index (χ0n) is 11.3. The van der Waals surface area contributed by atoms with Gasteiger partial charge in [-0.15, -0.1) is 0 Å². The Kier molecular flexibility index (Phi) is 4.19. The number of ether oxygens (including phenoxy) is 2. The second kappa shape index (κ2) is 5.12. The van der Waals surface area contributed by atoms with Gasteiger partial charge in [0.05, 0.1) is 13.2 Å². The van der Waals surface area contributed by atoms with Crippen LogP contribution in [0.3, 0.4) is 0 Å². The molecule has 1 fully saturated rings. The van der Waals surface area contributed by atoms with E-state index in [0.29, 0.717) is 0 Å². The molecule has 0 spiro atoms. The van der Waals surface area contributed by atoms with Crippen molar-refractivity contribution in [2.75, 3.05) is 19.7 Å². The van der Waals surface area contributed by atoms with Crippen molar-refractivity contribution < 1.29 is 23.5 Å². The molecule has 0 N–H and O–H groups in total. The molecule has 0 unspecified atom stereocenters. The average molecular weight is 261 g/mol. The topological polar surface area (TPSA) is 55.8 Å². The molecule has 1 saturated heterocycles. The van der Waals surface area contributed by atoms with Crippen molar-refractivity contribution in [3.8, 4) is 0 Å². The normalized spacial score (nSPS) is 23.9. The van der Waals surface area contributed by atoms with Crippen molar-refractivity contribution in [2.45, 2.75) is 45.4 Å². The van der Waals surface area contributed by atoms with E-state index in [9.17, 15) is 14.0 Å². The molecule has 1 aliphatic rings. The van der Waals surface area contributed by atoms with Gasteiger partial charge in [-0.1, -0.05) is 0 Å². The highest BCUT2D eigenvalue weighted by Crippen LogP contribution is 2.28. The first kappa shape index (κ1) is 14.7. The predicted octanol–water partition coefficient (Wildman–Crippen LogP) is 1.90. The largest absolute Gasteiger partial charge is 0.464 e. The van der Waals surface area contributed by atoms with Gasteiger partial charge in [0.25, 0.3) is 0 Å². The van der Waals surface area contributed by atoms with Gasteiger partial charge in [0.15, 0.2) is 0 Å². The summed E-state index contributed by atoms with van der Waals surface area (Å²) in [5, 5.41) is 0. The summed E-state index contributed by atoms with van der Waals surface area (Å²) in [5.74, 6) is -0.906. The molecule has 1 atom stereocenters. The standard InChI is InChI=1S/C12H20FNO4/c1-5-17-9(15)12(13)6-7-14(8-12)10(16)18-11(2,3)4/h5-8H2,1-4H3/t12-/m1/s1. The van der Waals surface area contributed by atoms with Gasteiger partial charge in [-0.3, -0.25) is 0 Å². The molecule has 0 aromatic heterocycles. The summed E-state index contributed by atoms with van der Waals surface area (Å²) in [5.41, 5.74) is -2.74. The molecule has 0 saturated carbocycles. The fraction of sp³-hybridized carbons (Fsp3) is 0.833. The van der Waals surface area contributed by atoms with Crippen LogP contribution in [0, 0.1) is 0 Å². The molecule has 6 heteroatoms. The highest BCUT2D eigenvalue weighted by molar-refractivity contribution is 5.82. The van der Waals surface area contributed by atoms with Gasteiger partial charge in [0.1, 0.15) is 5.60 Å². The highest BCUT2D eigenvalue weighted by atomic mass is 19.1. The minimum atomic E-state index is -2.10. The lowest BCUT2D eigenvalue weighted by atomic mass is 10.1. The first-order valence-corrected chi connectivity index (χ1v) is 6.02. The zero-order valence-corrected chi connectivity index (χ0v) is 11.3. The van der Waals surface area contributed by atoms with E-state index in [2.05, 4.69) is 4.74 Å². The predicted molar refractivity (Wildman–Crippen MR) is 62.9 cm³/mol. The molecule has 0 aliphatic carbocycles. The third-order valence-corrected chi connectivity index (χ3v) is 2.51. The summed E-state index contributed by atoms with van der Waals surface area (Å²) in [7, 11) is 0. The van der Waals surface area contributed by atoms with Gasteiger partial charge in [0.2, 0.25) is 5.67 Å². The maximum absolute atomic E-state index is 14.2. The average Bonchev–Trinajstić information content (AvgIpc) is 2.60. The van der Waals surface area contributed by atoms with E-state index in [1.807, 2.05) is 0 Å². The van der Waals surface area contributed by atoms with Gasteiger partial charge >= 0.3 is 12.1 Å². The number of alkyl halides is 1. The molecule has 1 aliphatic heterocycles. The van der Waals surface area contributed by atoms with E-state index in [-0.39, 0.29) is 26.1 Å². The number of carbonyl (C=O) groups excluding carboxylic acids is 2. The fourth-order valence-corrected chi connectivity index (χ4v) is 1.68. The van der Waals surface area contributed by atoms with Crippen molar-refractivity contribution >= 4 is 12.1 Å². The number of amides is 1. The molecule has 1 heterocycles. The van der Waals surface area contributed by atoms with Crippen LogP contribution in [0.5, 0.6) is 0 Å². The Morgan fingerprint density at radius 1 is 1.39 bits per heavy atom. The zero-order chi connectivity index (χ0) is 14.0. The first-order chi connectivity index (χ1) is 8.18. The van der Waals surface area contributed by atoms with Crippen LogP contribution in [0.15, 0.2) is 0 Å². The van der Waals surface area contributed by atoms with Gasteiger partial charge in [-0.05, 0) is 27.7 Å². The number of nitrogens with zero attached hydrogens (tertiary/aromatic N) is 1. The third kappa shape index (κ3) is 3.58.